The highest BCUT2D eigenvalue weighted by molar-refractivity contribution is 4.87. The fourth-order valence-corrected chi connectivity index (χ4v) is 2.69. The first-order valence-corrected chi connectivity index (χ1v) is 6.21. The SMILES string of the molecule is CCC(NCC1CCC(O)C1)C1CC1. The summed E-state index contributed by atoms with van der Waals surface area (Å²) in [4.78, 5) is 0. The first-order chi connectivity index (χ1) is 6.79. The predicted octanol–water partition coefficient (Wildman–Crippen LogP) is 1.93. The Labute approximate surface area is 87.1 Å². The van der Waals surface area contributed by atoms with E-state index in [1.165, 1.54) is 25.7 Å². The highest BCUT2D eigenvalue weighted by Gasteiger charge is 2.30. The van der Waals surface area contributed by atoms with Crippen LogP contribution in [-0.2, 0) is 0 Å². The van der Waals surface area contributed by atoms with Crippen molar-refractivity contribution in [3.05, 3.63) is 0 Å². The number of hydrogen-bond acceptors (Lipinski definition) is 2. The highest BCUT2D eigenvalue weighted by atomic mass is 16.3. The standard InChI is InChI=1S/C12H23NO/c1-2-12(10-4-5-10)13-8-9-3-6-11(14)7-9/h9-14H,2-8H2,1H3. The molecule has 0 aromatic rings. The lowest BCUT2D eigenvalue weighted by molar-refractivity contribution is 0.177. The summed E-state index contributed by atoms with van der Waals surface area (Å²) < 4.78 is 0. The lowest BCUT2D eigenvalue weighted by Gasteiger charge is -2.19. The molecule has 3 atom stereocenters. The molecule has 0 bridgehead atoms. The molecule has 0 saturated heterocycles. The van der Waals surface area contributed by atoms with Crippen molar-refractivity contribution in [3.63, 3.8) is 0 Å². The van der Waals surface area contributed by atoms with E-state index in [2.05, 4.69) is 12.2 Å². The lowest BCUT2D eigenvalue weighted by atomic mass is 10.1. The minimum atomic E-state index is -0.0113. The Morgan fingerprint density at radius 2 is 2.07 bits per heavy atom. The van der Waals surface area contributed by atoms with E-state index in [0.717, 1.165) is 37.3 Å². The van der Waals surface area contributed by atoms with Gasteiger partial charge in [-0.1, -0.05) is 6.92 Å². The molecule has 2 heteroatoms. The van der Waals surface area contributed by atoms with Crippen LogP contribution in [0.15, 0.2) is 0 Å². The molecule has 0 spiro atoms. The third-order valence-corrected chi connectivity index (χ3v) is 3.81. The van der Waals surface area contributed by atoms with Crippen molar-refractivity contribution in [2.45, 2.75) is 57.6 Å². The van der Waals surface area contributed by atoms with Crippen LogP contribution in [0.3, 0.4) is 0 Å². The summed E-state index contributed by atoms with van der Waals surface area (Å²) in [6.07, 6.45) is 7.37. The Kier molecular flexibility index (Phi) is 3.45. The molecule has 0 aromatic carbocycles. The highest BCUT2D eigenvalue weighted by Crippen LogP contribution is 2.34. The van der Waals surface area contributed by atoms with Gasteiger partial charge in [-0.2, -0.15) is 0 Å². The van der Waals surface area contributed by atoms with E-state index in [-0.39, 0.29) is 6.10 Å². The zero-order valence-corrected chi connectivity index (χ0v) is 9.21. The molecule has 3 unspecified atom stereocenters. The second-order valence-corrected chi connectivity index (χ2v) is 5.09. The van der Waals surface area contributed by atoms with Crippen molar-refractivity contribution in [1.29, 1.82) is 0 Å². The van der Waals surface area contributed by atoms with Crippen LogP contribution in [0.2, 0.25) is 0 Å². The summed E-state index contributed by atoms with van der Waals surface area (Å²) in [6.45, 7) is 3.41. The second kappa shape index (κ2) is 4.63. The van der Waals surface area contributed by atoms with E-state index < -0.39 is 0 Å². The van der Waals surface area contributed by atoms with Crippen molar-refractivity contribution in [3.8, 4) is 0 Å². The molecular formula is C12H23NO. The summed E-state index contributed by atoms with van der Waals surface area (Å²) in [5, 5.41) is 13.1. The van der Waals surface area contributed by atoms with Gasteiger partial charge in [0.1, 0.15) is 0 Å². The fraction of sp³-hybridized carbons (Fsp3) is 1.00. The molecule has 2 fully saturated rings. The normalized spacial score (nSPS) is 34.7. The molecule has 82 valence electrons. The van der Waals surface area contributed by atoms with Gasteiger partial charge in [-0.25, -0.2) is 0 Å². The van der Waals surface area contributed by atoms with Gasteiger partial charge >= 0.3 is 0 Å². The van der Waals surface area contributed by atoms with Crippen molar-refractivity contribution >= 4 is 0 Å². The van der Waals surface area contributed by atoms with Crippen LogP contribution < -0.4 is 5.32 Å². The van der Waals surface area contributed by atoms with E-state index >= 15 is 0 Å². The van der Waals surface area contributed by atoms with E-state index in [4.69, 9.17) is 0 Å². The van der Waals surface area contributed by atoms with E-state index in [9.17, 15) is 5.11 Å². The molecule has 2 saturated carbocycles. The van der Waals surface area contributed by atoms with Gasteiger partial charge in [0.25, 0.3) is 0 Å². The quantitative estimate of drug-likeness (QED) is 0.706. The van der Waals surface area contributed by atoms with Crippen LogP contribution in [0, 0.1) is 11.8 Å². The van der Waals surface area contributed by atoms with Gasteiger partial charge in [0.15, 0.2) is 0 Å². The molecule has 2 aliphatic rings. The number of nitrogens with one attached hydrogen (secondary N) is 1. The van der Waals surface area contributed by atoms with Crippen LogP contribution >= 0.6 is 0 Å². The van der Waals surface area contributed by atoms with Crippen molar-refractivity contribution < 1.29 is 5.11 Å². The number of hydrogen-bond donors (Lipinski definition) is 2. The fourth-order valence-electron chi connectivity index (χ4n) is 2.69. The second-order valence-electron chi connectivity index (χ2n) is 5.09. The maximum Gasteiger partial charge on any atom is 0.0543 e. The van der Waals surface area contributed by atoms with Crippen molar-refractivity contribution in [1.82, 2.24) is 5.32 Å². The summed E-state index contributed by atoms with van der Waals surface area (Å²) in [5.74, 6) is 1.70. The van der Waals surface area contributed by atoms with Gasteiger partial charge in [0.05, 0.1) is 6.10 Å². The molecule has 2 aliphatic carbocycles. The Bertz CT molecular complexity index is 179. The summed E-state index contributed by atoms with van der Waals surface area (Å²) in [6, 6.07) is 0.757. The molecule has 0 amide bonds. The van der Waals surface area contributed by atoms with Gasteiger partial charge < -0.3 is 10.4 Å². The zero-order chi connectivity index (χ0) is 9.97. The summed E-state index contributed by atoms with van der Waals surface area (Å²) in [7, 11) is 0. The van der Waals surface area contributed by atoms with Crippen LogP contribution in [0.25, 0.3) is 0 Å². The molecule has 0 radical (unpaired) electrons. The minimum absolute atomic E-state index is 0.0113. The lowest BCUT2D eigenvalue weighted by Crippen LogP contribution is -2.34. The summed E-state index contributed by atoms with van der Waals surface area (Å²) in [5.41, 5.74) is 0. The molecule has 2 nitrogen and oxygen atoms in total. The maximum absolute atomic E-state index is 9.42. The first-order valence-electron chi connectivity index (χ1n) is 6.21. The Morgan fingerprint density at radius 3 is 2.57 bits per heavy atom. The van der Waals surface area contributed by atoms with Crippen LogP contribution in [0.4, 0.5) is 0 Å². The predicted molar refractivity (Wildman–Crippen MR) is 58.2 cm³/mol. The molecular weight excluding hydrogens is 174 g/mol. The van der Waals surface area contributed by atoms with Gasteiger partial charge in [0, 0.05) is 6.04 Å². The molecule has 2 N–H and O–H groups in total. The molecule has 0 aromatic heterocycles. The third-order valence-electron chi connectivity index (χ3n) is 3.81. The smallest absolute Gasteiger partial charge is 0.0543 e. The Balaban J connectivity index is 1.65. The van der Waals surface area contributed by atoms with Crippen LogP contribution in [-0.4, -0.2) is 23.8 Å². The zero-order valence-electron chi connectivity index (χ0n) is 9.21. The topological polar surface area (TPSA) is 32.3 Å². The van der Waals surface area contributed by atoms with Gasteiger partial charge in [0.2, 0.25) is 0 Å². The molecule has 0 heterocycles. The number of rotatable bonds is 5. The molecule has 14 heavy (non-hydrogen) atoms. The first kappa shape index (κ1) is 10.4. The van der Waals surface area contributed by atoms with E-state index in [1.807, 2.05) is 0 Å². The third kappa shape index (κ3) is 2.71. The van der Waals surface area contributed by atoms with E-state index in [1.54, 1.807) is 0 Å². The van der Waals surface area contributed by atoms with Crippen LogP contribution in [0.1, 0.15) is 45.4 Å². The maximum atomic E-state index is 9.42. The largest absolute Gasteiger partial charge is 0.393 e. The Hall–Kier alpha value is -0.0800. The average Bonchev–Trinajstić information content (AvgIpc) is 2.92. The van der Waals surface area contributed by atoms with Crippen molar-refractivity contribution in [2.24, 2.45) is 11.8 Å². The number of aliphatic hydroxyl groups excluding tert-OH is 1. The summed E-state index contributed by atoms with van der Waals surface area (Å²) >= 11 is 0. The molecule has 0 aliphatic heterocycles. The minimum Gasteiger partial charge on any atom is -0.393 e. The number of aliphatic hydroxyl groups is 1. The Morgan fingerprint density at radius 1 is 1.29 bits per heavy atom. The van der Waals surface area contributed by atoms with E-state index in [0.29, 0.717) is 0 Å². The monoisotopic (exact) mass is 197 g/mol. The van der Waals surface area contributed by atoms with Crippen molar-refractivity contribution in [2.75, 3.05) is 6.54 Å². The van der Waals surface area contributed by atoms with Crippen LogP contribution in [0.5, 0.6) is 0 Å². The van der Waals surface area contributed by atoms with Gasteiger partial charge in [-0.05, 0) is 56.9 Å². The van der Waals surface area contributed by atoms with Gasteiger partial charge in [-0.15, -0.1) is 0 Å². The average molecular weight is 197 g/mol. The molecule has 2 rings (SSSR count). The van der Waals surface area contributed by atoms with Gasteiger partial charge in [-0.3, -0.25) is 0 Å².